The molecule has 0 amide bonds. The van der Waals surface area contributed by atoms with Crippen LogP contribution in [0.5, 0.6) is 0 Å². The molecule has 1 aliphatic heterocycles. The van der Waals surface area contributed by atoms with Gasteiger partial charge in [0, 0.05) is 32.3 Å². The maximum absolute atomic E-state index is 13.4. The van der Waals surface area contributed by atoms with Crippen molar-refractivity contribution >= 4 is 0 Å². The minimum absolute atomic E-state index is 0.154. The Morgan fingerprint density at radius 2 is 2.12 bits per heavy atom. The van der Waals surface area contributed by atoms with Crippen LogP contribution in [0.25, 0.3) is 0 Å². The second-order valence-corrected chi connectivity index (χ2v) is 4.13. The third-order valence-corrected chi connectivity index (χ3v) is 2.96. The first-order valence-corrected chi connectivity index (χ1v) is 5.50. The Bertz CT molecular complexity index is 382. The van der Waals surface area contributed by atoms with Crippen molar-refractivity contribution in [1.82, 2.24) is 4.90 Å². The Kier molecular flexibility index (Phi) is 3.51. The largest absolute Gasteiger partial charge is 0.396 e. The molecule has 0 aromatic heterocycles. The van der Waals surface area contributed by atoms with Crippen molar-refractivity contribution in [2.45, 2.75) is 19.4 Å². The SMILES string of the molecule is OCCCN1CCc2c(F)cc(F)cc2C1. The molecule has 0 aliphatic carbocycles. The first-order chi connectivity index (χ1) is 7.70. The topological polar surface area (TPSA) is 23.5 Å². The Morgan fingerprint density at radius 3 is 2.88 bits per heavy atom. The summed E-state index contributed by atoms with van der Waals surface area (Å²) in [5.74, 6) is -0.947. The van der Waals surface area contributed by atoms with Gasteiger partial charge >= 0.3 is 0 Å². The van der Waals surface area contributed by atoms with Gasteiger partial charge in [0.15, 0.2) is 0 Å². The average molecular weight is 227 g/mol. The van der Waals surface area contributed by atoms with E-state index in [1.807, 2.05) is 0 Å². The summed E-state index contributed by atoms with van der Waals surface area (Å²) in [6.45, 7) is 2.27. The lowest BCUT2D eigenvalue weighted by atomic mass is 9.99. The zero-order valence-corrected chi connectivity index (χ0v) is 9.05. The summed E-state index contributed by atoms with van der Waals surface area (Å²) in [6, 6.07) is 2.35. The maximum Gasteiger partial charge on any atom is 0.129 e. The van der Waals surface area contributed by atoms with Crippen LogP contribution in [0, 0.1) is 11.6 Å². The predicted molar refractivity (Wildman–Crippen MR) is 57.0 cm³/mol. The van der Waals surface area contributed by atoms with E-state index in [1.54, 1.807) is 0 Å². The van der Waals surface area contributed by atoms with Crippen molar-refractivity contribution in [3.63, 3.8) is 0 Å². The number of hydrogen-bond acceptors (Lipinski definition) is 2. The van der Waals surface area contributed by atoms with E-state index in [1.165, 1.54) is 6.07 Å². The van der Waals surface area contributed by atoms with Gasteiger partial charge in [-0.1, -0.05) is 0 Å². The lowest BCUT2D eigenvalue weighted by Crippen LogP contribution is -2.32. The van der Waals surface area contributed by atoms with Crippen molar-refractivity contribution in [3.05, 3.63) is 34.9 Å². The summed E-state index contributed by atoms with van der Waals surface area (Å²) in [5.41, 5.74) is 1.38. The molecule has 0 radical (unpaired) electrons. The van der Waals surface area contributed by atoms with E-state index < -0.39 is 11.6 Å². The fourth-order valence-electron chi connectivity index (χ4n) is 2.15. The van der Waals surface area contributed by atoms with Crippen LogP contribution in [0.15, 0.2) is 12.1 Å². The van der Waals surface area contributed by atoms with Gasteiger partial charge in [0.1, 0.15) is 11.6 Å². The first-order valence-electron chi connectivity index (χ1n) is 5.50. The zero-order valence-electron chi connectivity index (χ0n) is 9.05. The molecule has 1 heterocycles. The molecule has 0 fully saturated rings. The molecule has 1 N–H and O–H groups in total. The highest BCUT2D eigenvalue weighted by Gasteiger charge is 2.19. The van der Waals surface area contributed by atoms with Crippen molar-refractivity contribution in [2.24, 2.45) is 0 Å². The second kappa shape index (κ2) is 4.89. The standard InChI is InChI=1S/C12H15F2NO/c13-10-6-9-8-15(3-1-5-16)4-2-11(9)12(14)7-10/h6-7,16H,1-5,8H2. The van der Waals surface area contributed by atoms with Gasteiger partial charge in [-0.3, -0.25) is 4.90 Å². The number of hydrogen-bond donors (Lipinski definition) is 1. The molecule has 1 aliphatic rings. The molecule has 0 bridgehead atoms. The smallest absolute Gasteiger partial charge is 0.129 e. The van der Waals surface area contributed by atoms with Crippen molar-refractivity contribution < 1.29 is 13.9 Å². The number of aliphatic hydroxyl groups excluding tert-OH is 1. The minimum Gasteiger partial charge on any atom is -0.396 e. The molecule has 0 atom stereocenters. The molecule has 0 unspecified atom stereocenters. The Labute approximate surface area is 93.5 Å². The van der Waals surface area contributed by atoms with E-state index in [-0.39, 0.29) is 6.61 Å². The zero-order chi connectivity index (χ0) is 11.5. The third kappa shape index (κ3) is 2.39. The second-order valence-electron chi connectivity index (χ2n) is 4.13. The van der Waals surface area contributed by atoms with Crippen molar-refractivity contribution in [1.29, 1.82) is 0 Å². The summed E-state index contributed by atoms with van der Waals surface area (Å²) in [4.78, 5) is 2.11. The average Bonchev–Trinajstić information content (AvgIpc) is 2.25. The maximum atomic E-state index is 13.4. The van der Waals surface area contributed by atoms with Crippen LogP contribution in [-0.2, 0) is 13.0 Å². The van der Waals surface area contributed by atoms with Crippen LogP contribution >= 0.6 is 0 Å². The van der Waals surface area contributed by atoms with Gasteiger partial charge in [-0.05, 0) is 30.0 Å². The van der Waals surface area contributed by atoms with E-state index in [0.717, 1.165) is 24.7 Å². The van der Waals surface area contributed by atoms with Crippen LogP contribution in [0.4, 0.5) is 8.78 Å². The quantitative estimate of drug-likeness (QED) is 0.849. The van der Waals surface area contributed by atoms with Gasteiger partial charge in [0.2, 0.25) is 0 Å². The molecule has 0 saturated carbocycles. The summed E-state index contributed by atoms with van der Waals surface area (Å²) in [6.07, 6.45) is 1.32. The summed E-state index contributed by atoms with van der Waals surface area (Å²) < 4.78 is 26.4. The number of fused-ring (bicyclic) bond motifs is 1. The third-order valence-electron chi connectivity index (χ3n) is 2.96. The van der Waals surface area contributed by atoms with Crippen LogP contribution in [0.3, 0.4) is 0 Å². The van der Waals surface area contributed by atoms with Crippen LogP contribution < -0.4 is 0 Å². The summed E-state index contributed by atoms with van der Waals surface area (Å²) in [7, 11) is 0. The molecular weight excluding hydrogens is 212 g/mol. The van der Waals surface area contributed by atoms with Gasteiger partial charge in [0.25, 0.3) is 0 Å². The van der Waals surface area contributed by atoms with Gasteiger partial charge in [0.05, 0.1) is 0 Å². The number of benzene rings is 1. The van der Waals surface area contributed by atoms with Gasteiger partial charge in [-0.2, -0.15) is 0 Å². The van der Waals surface area contributed by atoms with E-state index in [9.17, 15) is 8.78 Å². The van der Waals surface area contributed by atoms with Crippen molar-refractivity contribution in [3.8, 4) is 0 Å². The predicted octanol–water partition coefficient (Wildman–Crippen LogP) is 1.71. The molecule has 2 nitrogen and oxygen atoms in total. The van der Waals surface area contributed by atoms with Crippen LogP contribution in [0.2, 0.25) is 0 Å². The number of aliphatic hydroxyl groups is 1. The van der Waals surface area contributed by atoms with Gasteiger partial charge < -0.3 is 5.11 Å². The molecule has 16 heavy (non-hydrogen) atoms. The monoisotopic (exact) mass is 227 g/mol. The fraction of sp³-hybridized carbons (Fsp3) is 0.500. The molecule has 0 spiro atoms. The summed E-state index contributed by atoms with van der Waals surface area (Å²) in [5, 5.41) is 8.73. The molecule has 88 valence electrons. The number of nitrogens with zero attached hydrogens (tertiary/aromatic N) is 1. The van der Waals surface area contributed by atoms with E-state index >= 15 is 0 Å². The highest BCUT2D eigenvalue weighted by molar-refractivity contribution is 5.31. The molecular formula is C12H15F2NO. The van der Waals surface area contributed by atoms with Gasteiger partial charge in [-0.15, -0.1) is 0 Å². The Morgan fingerprint density at radius 1 is 1.31 bits per heavy atom. The molecule has 2 rings (SSSR count). The number of rotatable bonds is 3. The molecule has 0 saturated heterocycles. The minimum atomic E-state index is -0.514. The lowest BCUT2D eigenvalue weighted by Gasteiger charge is -2.28. The van der Waals surface area contributed by atoms with Gasteiger partial charge in [-0.25, -0.2) is 8.78 Å². The normalized spacial score (nSPS) is 16.2. The Balaban J connectivity index is 2.13. The highest BCUT2D eigenvalue weighted by Crippen LogP contribution is 2.23. The Hall–Kier alpha value is -1.00. The van der Waals surface area contributed by atoms with Crippen molar-refractivity contribution in [2.75, 3.05) is 19.7 Å². The summed E-state index contributed by atoms with van der Waals surface area (Å²) >= 11 is 0. The molecule has 1 aromatic carbocycles. The number of halogens is 2. The molecule has 1 aromatic rings. The van der Waals surface area contributed by atoms with E-state index in [0.29, 0.717) is 24.9 Å². The first kappa shape index (κ1) is 11.5. The van der Waals surface area contributed by atoms with Crippen LogP contribution in [-0.4, -0.2) is 29.7 Å². The highest BCUT2D eigenvalue weighted by atomic mass is 19.1. The lowest BCUT2D eigenvalue weighted by molar-refractivity contribution is 0.210. The molecule has 4 heteroatoms. The van der Waals surface area contributed by atoms with Crippen LogP contribution in [0.1, 0.15) is 17.5 Å². The van der Waals surface area contributed by atoms with E-state index in [2.05, 4.69) is 4.90 Å². The van der Waals surface area contributed by atoms with E-state index in [4.69, 9.17) is 5.11 Å². The fourth-order valence-corrected chi connectivity index (χ4v) is 2.15.